The number of thiazole rings is 1. The van der Waals surface area contributed by atoms with Crippen molar-refractivity contribution >= 4 is 39.6 Å². The smallest absolute Gasteiger partial charge is 0.475 e. The van der Waals surface area contributed by atoms with Crippen LogP contribution in [0.2, 0.25) is 0 Å². The van der Waals surface area contributed by atoms with Gasteiger partial charge in [-0.3, -0.25) is 9.69 Å². The average molecular weight is 512 g/mol. The van der Waals surface area contributed by atoms with E-state index < -0.39 is 12.1 Å². The Kier molecular flexibility index (Phi) is 8.11. The summed E-state index contributed by atoms with van der Waals surface area (Å²) in [6.07, 6.45) is -4.08. The largest absolute Gasteiger partial charge is 0.490 e. The number of anilines is 1. The summed E-state index contributed by atoms with van der Waals surface area (Å²) in [5.41, 5.74) is 4.59. The molecule has 2 aromatic heterocycles. The van der Waals surface area contributed by atoms with E-state index in [1.807, 2.05) is 18.2 Å². The topological polar surface area (TPSA) is 82.5 Å². The van der Waals surface area contributed by atoms with E-state index in [1.165, 1.54) is 10.4 Å². The van der Waals surface area contributed by atoms with Crippen LogP contribution in [0.3, 0.4) is 0 Å². The highest BCUT2D eigenvalue weighted by molar-refractivity contribution is 7.18. The van der Waals surface area contributed by atoms with Crippen LogP contribution in [-0.2, 0) is 22.6 Å². The summed E-state index contributed by atoms with van der Waals surface area (Å²) >= 11 is 3.36. The van der Waals surface area contributed by atoms with Gasteiger partial charge in [-0.25, -0.2) is 9.78 Å². The fourth-order valence-corrected chi connectivity index (χ4v) is 5.76. The number of fused-ring (bicyclic) bond motifs is 1. The first-order valence-corrected chi connectivity index (χ1v) is 12.1. The van der Waals surface area contributed by atoms with Crippen LogP contribution in [0.4, 0.5) is 18.2 Å². The number of carboxylic acids is 1. The van der Waals surface area contributed by atoms with E-state index in [9.17, 15) is 18.0 Å². The fourth-order valence-electron chi connectivity index (χ4n) is 3.47. The van der Waals surface area contributed by atoms with Crippen LogP contribution >= 0.6 is 22.7 Å². The van der Waals surface area contributed by atoms with Crippen LogP contribution in [0.1, 0.15) is 31.2 Å². The maximum Gasteiger partial charge on any atom is 0.490 e. The summed E-state index contributed by atoms with van der Waals surface area (Å²) < 4.78 is 31.7. The maximum absolute atomic E-state index is 11.8. The average Bonchev–Trinajstić information content (AvgIpc) is 3.37. The van der Waals surface area contributed by atoms with E-state index in [-0.39, 0.29) is 5.91 Å². The molecule has 11 heteroatoms. The molecule has 0 unspecified atom stereocenters. The van der Waals surface area contributed by atoms with Gasteiger partial charge in [0.25, 0.3) is 0 Å². The quantitative estimate of drug-likeness (QED) is 0.456. The van der Waals surface area contributed by atoms with Crippen molar-refractivity contribution < 1.29 is 27.9 Å². The zero-order chi connectivity index (χ0) is 25.0. The molecular formula is C23H24F3N3O3S2. The lowest BCUT2D eigenvalue weighted by atomic mass is 10.0. The van der Waals surface area contributed by atoms with Gasteiger partial charge < -0.3 is 10.4 Å². The molecule has 0 atom stereocenters. The lowest BCUT2D eigenvalue weighted by molar-refractivity contribution is -0.192. The lowest BCUT2D eigenvalue weighted by Crippen LogP contribution is -2.35. The molecule has 6 nitrogen and oxygen atoms in total. The van der Waals surface area contributed by atoms with Crippen molar-refractivity contribution in [1.29, 1.82) is 0 Å². The van der Waals surface area contributed by atoms with Gasteiger partial charge in [-0.2, -0.15) is 13.2 Å². The lowest BCUT2D eigenvalue weighted by Gasteiger charge is -2.30. The Morgan fingerprint density at radius 3 is 2.41 bits per heavy atom. The van der Waals surface area contributed by atoms with Crippen molar-refractivity contribution in [2.75, 3.05) is 11.9 Å². The molecule has 1 amide bonds. The SMILES string of the molecule is CC(=O)Nc1sc2c(c1-c1nc(-c3ccccc3)cs1)CCN(C(C)C)C2.O=C(O)C(F)(F)F. The molecule has 3 aromatic rings. The van der Waals surface area contributed by atoms with E-state index in [4.69, 9.17) is 14.9 Å². The molecule has 0 saturated carbocycles. The number of hydrogen-bond acceptors (Lipinski definition) is 6. The Morgan fingerprint density at radius 1 is 1.21 bits per heavy atom. The second kappa shape index (κ2) is 10.7. The van der Waals surface area contributed by atoms with Gasteiger partial charge in [0, 0.05) is 47.4 Å². The molecule has 1 aliphatic heterocycles. The first-order chi connectivity index (χ1) is 16.0. The molecule has 3 heterocycles. The van der Waals surface area contributed by atoms with Crippen LogP contribution < -0.4 is 5.32 Å². The van der Waals surface area contributed by atoms with Crippen molar-refractivity contribution in [3.63, 3.8) is 0 Å². The third kappa shape index (κ3) is 6.22. The van der Waals surface area contributed by atoms with Crippen molar-refractivity contribution in [3.05, 3.63) is 46.2 Å². The summed E-state index contributed by atoms with van der Waals surface area (Å²) in [6, 6.07) is 10.8. The Labute approximate surface area is 203 Å². The number of carbonyl (C=O) groups is 2. The predicted octanol–water partition coefficient (Wildman–Crippen LogP) is 5.90. The number of amides is 1. The van der Waals surface area contributed by atoms with Gasteiger partial charge in [-0.05, 0) is 25.8 Å². The minimum atomic E-state index is -5.08. The molecule has 0 radical (unpaired) electrons. The van der Waals surface area contributed by atoms with Crippen LogP contribution in [0.25, 0.3) is 21.8 Å². The highest BCUT2D eigenvalue weighted by Gasteiger charge is 2.38. The number of nitrogens with one attached hydrogen (secondary N) is 1. The molecule has 2 N–H and O–H groups in total. The summed E-state index contributed by atoms with van der Waals surface area (Å²) in [6.45, 7) is 8.04. The standard InChI is InChI=1S/C21H23N3OS2.C2HF3O2/c1-13(2)24-10-9-16-18(11-24)27-21(22-14(3)25)19(16)20-23-17(12-26-20)15-7-5-4-6-8-15;3-2(4,5)1(6)7/h4-8,12-13H,9-11H2,1-3H3,(H,22,25);(H,6,7). The normalized spacial score (nSPS) is 13.7. The highest BCUT2D eigenvalue weighted by atomic mass is 32.1. The van der Waals surface area contributed by atoms with Gasteiger partial charge in [-0.15, -0.1) is 22.7 Å². The molecule has 0 bridgehead atoms. The molecule has 0 saturated heterocycles. The van der Waals surface area contributed by atoms with Gasteiger partial charge in [-0.1, -0.05) is 30.3 Å². The monoisotopic (exact) mass is 511 g/mol. The first kappa shape index (κ1) is 25.9. The molecule has 0 fully saturated rings. The number of carbonyl (C=O) groups excluding carboxylic acids is 1. The Balaban J connectivity index is 0.000000406. The van der Waals surface area contributed by atoms with Crippen LogP contribution in [0.5, 0.6) is 0 Å². The predicted molar refractivity (Wildman–Crippen MR) is 128 cm³/mol. The third-order valence-corrected chi connectivity index (χ3v) is 7.13. The summed E-state index contributed by atoms with van der Waals surface area (Å²) in [5, 5.41) is 14.2. The zero-order valence-electron chi connectivity index (χ0n) is 18.8. The Bertz CT molecular complexity index is 1160. The first-order valence-electron chi connectivity index (χ1n) is 10.4. The van der Waals surface area contributed by atoms with Crippen LogP contribution in [0, 0.1) is 0 Å². The number of thiophene rings is 1. The van der Waals surface area contributed by atoms with E-state index in [1.54, 1.807) is 29.6 Å². The summed E-state index contributed by atoms with van der Waals surface area (Å²) in [7, 11) is 0. The van der Waals surface area contributed by atoms with Crippen LogP contribution in [0.15, 0.2) is 35.7 Å². The van der Waals surface area contributed by atoms with E-state index in [0.717, 1.165) is 46.3 Å². The zero-order valence-corrected chi connectivity index (χ0v) is 20.4. The van der Waals surface area contributed by atoms with E-state index in [0.29, 0.717) is 6.04 Å². The summed E-state index contributed by atoms with van der Waals surface area (Å²) in [5.74, 6) is -2.79. The number of alkyl halides is 3. The fraction of sp³-hybridized carbons (Fsp3) is 0.348. The number of halogens is 3. The minimum absolute atomic E-state index is 0.0320. The number of carboxylic acid groups (broad SMARTS) is 1. The third-order valence-electron chi connectivity index (χ3n) is 5.14. The highest BCUT2D eigenvalue weighted by Crippen LogP contribution is 2.45. The van der Waals surface area contributed by atoms with Gasteiger partial charge in [0.05, 0.1) is 5.69 Å². The maximum atomic E-state index is 11.8. The second-order valence-corrected chi connectivity index (χ2v) is 9.87. The molecule has 1 aliphatic rings. The molecule has 0 spiro atoms. The van der Waals surface area contributed by atoms with Gasteiger partial charge in [0.15, 0.2) is 0 Å². The molecule has 1 aromatic carbocycles. The molecule has 0 aliphatic carbocycles. The van der Waals surface area contributed by atoms with Crippen molar-refractivity contribution in [2.45, 2.75) is 46.0 Å². The molecule has 34 heavy (non-hydrogen) atoms. The van der Waals surface area contributed by atoms with Gasteiger partial charge in [0.1, 0.15) is 10.0 Å². The Morgan fingerprint density at radius 2 is 1.85 bits per heavy atom. The van der Waals surface area contributed by atoms with Gasteiger partial charge >= 0.3 is 12.1 Å². The van der Waals surface area contributed by atoms with E-state index in [2.05, 4.69) is 41.6 Å². The van der Waals surface area contributed by atoms with Crippen LogP contribution in [-0.4, -0.2) is 45.6 Å². The van der Waals surface area contributed by atoms with Crippen molar-refractivity contribution in [3.8, 4) is 21.8 Å². The molecule has 4 rings (SSSR count). The number of rotatable bonds is 4. The van der Waals surface area contributed by atoms with Crippen molar-refractivity contribution in [2.24, 2.45) is 0 Å². The number of aliphatic carboxylic acids is 1. The molecule has 182 valence electrons. The number of nitrogens with zero attached hydrogens (tertiary/aromatic N) is 2. The van der Waals surface area contributed by atoms with E-state index >= 15 is 0 Å². The second-order valence-electron chi connectivity index (χ2n) is 7.91. The number of hydrogen-bond donors (Lipinski definition) is 2. The number of aromatic nitrogens is 1. The number of benzene rings is 1. The summed E-state index contributed by atoms with van der Waals surface area (Å²) in [4.78, 5) is 29.4. The Hall–Kier alpha value is -2.76. The minimum Gasteiger partial charge on any atom is -0.475 e. The van der Waals surface area contributed by atoms with Crippen molar-refractivity contribution in [1.82, 2.24) is 9.88 Å². The van der Waals surface area contributed by atoms with Gasteiger partial charge in [0.2, 0.25) is 5.91 Å². The molecular weight excluding hydrogens is 487 g/mol.